The summed E-state index contributed by atoms with van der Waals surface area (Å²) in [4.78, 5) is 28.4. The van der Waals surface area contributed by atoms with E-state index >= 15 is 0 Å². The van der Waals surface area contributed by atoms with Crippen molar-refractivity contribution < 1.29 is 9.59 Å². The van der Waals surface area contributed by atoms with Crippen molar-refractivity contribution in [1.82, 2.24) is 10.2 Å². The second kappa shape index (κ2) is 12.2. The van der Waals surface area contributed by atoms with Crippen LogP contribution in [0.15, 0.2) is 53.4 Å². The first-order valence-corrected chi connectivity index (χ1v) is 11.7. The zero-order chi connectivity index (χ0) is 22.1. The van der Waals surface area contributed by atoms with Gasteiger partial charge in [-0.2, -0.15) is 0 Å². The molecule has 0 fully saturated rings. The molecule has 0 aromatic heterocycles. The molecular weight excluding hydrogens is 439 g/mol. The highest BCUT2D eigenvalue weighted by Gasteiger charge is 2.26. The van der Waals surface area contributed by atoms with Gasteiger partial charge in [-0.3, -0.25) is 9.59 Å². The second-order valence-corrected chi connectivity index (χ2v) is 9.50. The molecule has 1 unspecified atom stereocenters. The van der Waals surface area contributed by atoms with Gasteiger partial charge in [0.15, 0.2) is 0 Å². The largest absolute Gasteiger partial charge is 0.354 e. The van der Waals surface area contributed by atoms with Gasteiger partial charge in [-0.15, -0.1) is 11.8 Å². The van der Waals surface area contributed by atoms with E-state index in [9.17, 15) is 9.59 Å². The molecule has 0 aliphatic carbocycles. The summed E-state index contributed by atoms with van der Waals surface area (Å²) >= 11 is 13.9. The van der Waals surface area contributed by atoms with Gasteiger partial charge in [0.2, 0.25) is 11.8 Å². The molecule has 7 heteroatoms. The lowest BCUT2D eigenvalue weighted by Crippen LogP contribution is -2.48. The van der Waals surface area contributed by atoms with Gasteiger partial charge in [-0.25, -0.2) is 0 Å². The number of rotatable bonds is 10. The number of nitrogens with one attached hydrogen (secondary N) is 1. The van der Waals surface area contributed by atoms with E-state index in [2.05, 4.69) is 5.32 Å². The summed E-state index contributed by atoms with van der Waals surface area (Å²) in [6.07, 6.45) is 0.326. The van der Waals surface area contributed by atoms with Gasteiger partial charge in [0.25, 0.3) is 0 Å². The monoisotopic (exact) mass is 466 g/mol. The predicted molar refractivity (Wildman–Crippen MR) is 126 cm³/mol. The molecule has 2 aromatic rings. The van der Waals surface area contributed by atoms with Crippen LogP contribution < -0.4 is 5.32 Å². The van der Waals surface area contributed by atoms with Gasteiger partial charge in [0.05, 0.1) is 0 Å². The molecule has 0 saturated heterocycles. The van der Waals surface area contributed by atoms with Crippen molar-refractivity contribution in [1.29, 1.82) is 0 Å². The molecule has 2 aromatic carbocycles. The first-order chi connectivity index (χ1) is 14.3. The smallest absolute Gasteiger partial charge is 0.242 e. The molecule has 0 radical (unpaired) electrons. The standard InChI is InChI=1S/C23H28Cl2N2O2S/c1-16(2)14-26-23(29)17(3)27(15-18-9-10-19(24)13-21(18)25)22(28)11-12-30-20-7-5-4-6-8-20/h4-10,13,16-17H,11-12,14-15H2,1-3H3,(H,26,29). The van der Waals surface area contributed by atoms with Crippen LogP contribution in [0.3, 0.4) is 0 Å². The van der Waals surface area contributed by atoms with E-state index in [0.717, 1.165) is 10.5 Å². The highest BCUT2D eigenvalue weighted by Crippen LogP contribution is 2.24. The van der Waals surface area contributed by atoms with E-state index in [1.54, 1.807) is 41.8 Å². The van der Waals surface area contributed by atoms with Crippen LogP contribution in [0.1, 0.15) is 32.8 Å². The fourth-order valence-electron chi connectivity index (χ4n) is 2.79. The van der Waals surface area contributed by atoms with Crippen LogP contribution in [0.2, 0.25) is 10.0 Å². The van der Waals surface area contributed by atoms with Crippen LogP contribution >= 0.6 is 35.0 Å². The Morgan fingerprint density at radius 3 is 2.40 bits per heavy atom. The molecule has 0 bridgehead atoms. The molecule has 2 amide bonds. The van der Waals surface area contributed by atoms with Crippen molar-refractivity contribution >= 4 is 46.8 Å². The van der Waals surface area contributed by atoms with E-state index < -0.39 is 6.04 Å². The molecule has 0 aliphatic heterocycles. The normalized spacial score (nSPS) is 11.9. The number of benzene rings is 2. The number of hydrogen-bond donors (Lipinski definition) is 1. The van der Waals surface area contributed by atoms with Gasteiger partial charge in [-0.1, -0.05) is 61.3 Å². The average molecular weight is 467 g/mol. The first kappa shape index (κ1) is 24.6. The van der Waals surface area contributed by atoms with E-state index in [-0.39, 0.29) is 18.4 Å². The summed E-state index contributed by atoms with van der Waals surface area (Å²) in [5.41, 5.74) is 0.758. The van der Waals surface area contributed by atoms with Crippen LogP contribution in [0.4, 0.5) is 0 Å². The van der Waals surface area contributed by atoms with Gasteiger partial charge in [0, 0.05) is 40.2 Å². The SMILES string of the molecule is CC(C)CNC(=O)C(C)N(Cc1ccc(Cl)cc1Cl)C(=O)CCSc1ccccc1. The lowest BCUT2D eigenvalue weighted by atomic mass is 10.1. The minimum absolute atomic E-state index is 0.0864. The highest BCUT2D eigenvalue weighted by atomic mass is 35.5. The zero-order valence-corrected chi connectivity index (χ0v) is 19.9. The maximum atomic E-state index is 13.1. The average Bonchev–Trinajstić information content (AvgIpc) is 2.71. The summed E-state index contributed by atoms with van der Waals surface area (Å²) in [7, 11) is 0. The van der Waals surface area contributed by atoms with Gasteiger partial charge >= 0.3 is 0 Å². The number of hydrogen-bond acceptors (Lipinski definition) is 3. The Hall–Kier alpha value is -1.69. The van der Waals surface area contributed by atoms with E-state index in [4.69, 9.17) is 23.2 Å². The van der Waals surface area contributed by atoms with E-state index in [1.807, 2.05) is 44.2 Å². The summed E-state index contributed by atoms with van der Waals surface area (Å²) in [6.45, 7) is 6.63. The topological polar surface area (TPSA) is 49.4 Å². The third-order valence-corrected chi connectivity index (χ3v) is 6.14. The molecule has 0 aliphatic rings. The van der Waals surface area contributed by atoms with Crippen molar-refractivity contribution in [2.24, 2.45) is 5.92 Å². The Bertz CT molecular complexity index is 846. The van der Waals surface area contributed by atoms with E-state index in [1.165, 1.54) is 0 Å². The molecule has 0 spiro atoms. The van der Waals surface area contributed by atoms with Crippen LogP contribution in [0.5, 0.6) is 0 Å². The third kappa shape index (κ3) is 7.86. The predicted octanol–water partition coefficient (Wildman–Crippen LogP) is 5.67. The lowest BCUT2D eigenvalue weighted by molar-refractivity contribution is -0.140. The van der Waals surface area contributed by atoms with Crippen molar-refractivity contribution in [3.8, 4) is 0 Å². The molecule has 0 heterocycles. The third-order valence-electron chi connectivity index (χ3n) is 4.54. The van der Waals surface area contributed by atoms with Gasteiger partial charge < -0.3 is 10.2 Å². The fourth-order valence-corrected chi connectivity index (χ4v) is 4.12. The Labute approximate surface area is 193 Å². The maximum Gasteiger partial charge on any atom is 0.242 e. The Morgan fingerprint density at radius 1 is 1.07 bits per heavy atom. The van der Waals surface area contributed by atoms with Crippen molar-refractivity contribution in [2.75, 3.05) is 12.3 Å². The number of nitrogens with zero attached hydrogens (tertiary/aromatic N) is 1. The van der Waals surface area contributed by atoms with Gasteiger partial charge in [0.1, 0.15) is 6.04 Å². The molecule has 1 atom stereocenters. The number of amides is 2. The number of thioether (sulfide) groups is 1. The summed E-state index contributed by atoms with van der Waals surface area (Å²) in [5, 5.41) is 3.93. The Balaban J connectivity index is 2.10. The van der Waals surface area contributed by atoms with Crippen molar-refractivity contribution in [3.63, 3.8) is 0 Å². The van der Waals surface area contributed by atoms with E-state index in [0.29, 0.717) is 34.7 Å². The summed E-state index contributed by atoms with van der Waals surface area (Å²) in [5.74, 6) is 0.710. The molecular formula is C23H28Cl2N2O2S. The van der Waals surface area contributed by atoms with Crippen LogP contribution in [-0.4, -0.2) is 35.1 Å². The molecule has 0 saturated carbocycles. The number of carbonyl (C=O) groups is 2. The zero-order valence-electron chi connectivity index (χ0n) is 17.5. The fraction of sp³-hybridized carbons (Fsp3) is 0.391. The number of halogens is 2. The molecule has 2 rings (SSSR count). The Morgan fingerprint density at radius 2 is 1.77 bits per heavy atom. The van der Waals surface area contributed by atoms with Crippen molar-refractivity contribution in [3.05, 3.63) is 64.1 Å². The first-order valence-electron chi connectivity index (χ1n) is 9.97. The summed E-state index contributed by atoms with van der Waals surface area (Å²) in [6, 6.07) is 14.5. The minimum Gasteiger partial charge on any atom is -0.354 e. The molecule has 162 valence electrons. The highest BCUT2D eigenvalue weighted by molar-refractivity contribution is 7.99. The quantitative estimate of drug-likeness (QED) is 0.459. The van der Waals surface area contributed by atoms with Crippen LogP contribution in [0, 0.1) is 5.92 Å². The van der Waals surface area contributed by atoms with Crippen molar-refractivity contribution in [2.45, 2.75) is 44.7 Å². The lowest BCUT2D eigenvalue weighted by Gasteiger charge is -2.29. The number of carbonyl (C=O) groups excluding carboxylic acids is 2. The van der Waals surface area contributed by atoms with Gasteiger partial charge in [-0.05, 0) is 42.7 Å². The Kier molecular flexibility index (Phi) is 10.0. The van der Waals surface area contributed by atoms with Crippen LogP contribution in [0.25, 0.3) is 0 Å². The maximum absolute atomic E-state index is 13.1. The molecule has 30 heavy (non-hydrogen) atoms. The summed E-state index contributed by atoms with van der Waals surface area (Å²) < 4.78 is 0. The second-order valence-electron chi connectivity index (χ2n) is 7.48. The molecule has 1 N–H and O–H groups in total. The molecule has 4 nitrogen and oxygen atoms in total. The van der Waals surface area contributed by atoms with Crippen LogP contribution in [-0.2, 0) is 16.1 Å². The minimum atomic E-state index is -0.607.